The molecule has 0 unspecified atom stereocenters. The SMILES string of the molecule is Cc1ccc(NC(=O)c2n[nH]c(=O)c3ccccc23)cc1S(=O)(=O)N(C)C. The summed E-state index contributed by atoms with van der Waals surface area (Å²) in [5.41, 5.74) is 0.525. The number of fused-ring (bicyclic) bond motifs is 1. The molecule has 27 heavy (non-hydrogen) atoms. The summed E-state index contributed by atoms with van der Waals surface area (Å²) in [6, 6.07) is 11.2. The van der Waals surface area contributed by atoms with Gasteiger partial charge in [-0.25, -0.2) is 17.8 Å². The number of carbonyl (C=O) groups excluding carboxylic acids is 1. The van der Waals surface area contributed by atoms with E-state index in [2.05, 4.69) is 15.5 Å². The molecule has 2 N–H and O–H groups in total. The topological polar surface area (TPSA) is 112 Å². The average Bonchev–Trinajstić information content (AvgIpc) is 2.63. The third-order valence-corrected chi connectivity index (χ3v) is 6.07. The van der Waals surface area contributed by atoms with Crippen molar-refractivity contribution in [2.75, 3.05) is 19.4 Å². The van der Waals surface area contributed by atoms with Gasteiger partial charge < -0.3 is 5.32 Å². The predicted molar refractivity (Wildman–Crippen MR) is 102 cm³/mol. The number of nitrogens with one attached hydrogen (secondary N) is 2. The molecule has 3 aromatic rings. The summed E-state index contributed by atoms with van der Waals surface area (Å²) in [5, 5.41) is 9.54. The Morgan fingerprint density at radius 3 is 2.44 bits per heavy atom. The largest absolute Gasteiger partial charge is 0.321 e. The fourth-order valence-electron chi connectivity index (χ4n) is 2.63. The zero-order valence-electron chi connectivity index (χ0n) is 15.0. The Balaban J connectivity index is 2.01. The number of aromatic nitrogens is 2. The van der Waals surface area contributed by atoms with Crippen molar-refractivity contribution in [2.24, 2.45) is 0 Å². The second kappa shape index (κ2) is 6.93. The molecule has 0 aliphatic heterocycles. The summed E-state index contributed by atoms with van der Waals surface area (Å²) in [5.74, 6) is -0.556. The molecule has 0 saturated heterocycles. The molecule has 0 radical (unpaired) electrons. The highest BCUT2D eigenvalue weighted by Gasteiger charge is 2.21. The van der Waals surface area contributed by atoms with Gasteiger partial charge in [-0.05, 0) is 30.7 Å². The van der Waals surface area contributed by atoms with Gasteiger partial charge >= 0.3 is 0 Å². The molecule has 0 aliphatic carbocycles. The molecule has 1 amide bonds. The highest BCUT2D eigenvalue weighted by Crippen LogP contribution is 2.23. The van der Waals surface area contributed by atoms with Crippen LogP contribution in [0.3, 0.4) is 0 Å². The number of rotatable bonds is 4. The molecule has 1 heterocycles. The first kappa shape index (κ1) is 18.7. The predicted octanol–water partition coefficient (Wildman–Crippen LogP) is 1.73. The molecule has 9 heteroatoms. The number of anilines is 1. The molecule has 0 saturated carbocycles. The summed E-state index contributed by atoms with van der Waals surface area (Å²) >= 11 is 0. The summed E-state index contributed by atoms with van der Waals surface area (Å²) in [6.45, 7) is 1.68. The third-order valence-electron chi connectivity index (χ3n) is 4.12. The minimum Gasteiger partial charge on any atom is -0.321 e. The van der Waals surface area contributed by atoms with Crippen molar-refractivity contribution in [3.63, 3.8) is 0 Å². The first-order chi connectivity index (χ1) is 12.7. The van der Waals surface area contributed by atoms with Crippen molar-refractivity contribution >= 4 is 32.4 Å². The Morgan fingerprint density at radius 2 is 1.78 bits per heavy atom. The fraction of sp³-hybridized carbons (Fsp3) is 0.167. The molecule has 0 aliphatic rings. The van der Waals surface area contributed by atoms with E-state index in [9.17, 15) is 18.0 Å². The van der Waals surface area contributed by atoms with Crippen LogP contribution in [-0.2, 0) is 10.0 Å². The standard InChI is InChI=1S/C18H18N4O4S/c1-11-8-9-12(10-15(11)27(25,26)22(2)3)19-18(24)16-13-6-4-5-7-14(13)17(23)21-20-16/h4-10H,1-3H3,(H,19,24)(H,21,23). The van der Waals surface area contributed by atoms with Crippen LogP contribution in [0.1, 0.15) is 16.1 Å². The monoisotopic (exact) mass is 386 g/mol. The van der Waals surface area contributed by atoms with E-state index in [0.717, 1.165) is 4.31 Å². The van der Waals surface area contributed by atoms with Crippen LogP contribution in [0.4, 0.5) is 5.69 Å². The van der Waals surface area contributed by atoms with E-state index >= 15 is 0 Å². The first-order valence-electron chi connectivity index (χ1n) is 8.04. The highest BCUT2D eigenvalue weighted by atomic mass is 32.2. The number of aryl methyl sites for hydroxylation is 1. The summed E-state index contributed by atoms with van der Waals surface area (Å²) in [4.78, 5) is 24.6. The second-order valence-corrected chi connectivity index (χ2v) is 8.29. The van der Waals surface area contributed by atoms with Gasteiger partial charge in [0.1, 0.15) is 0 Å². The molecule has 3 rings (SSSR count). The third kappa shape index (κ3) is 3.46. The molecule has 2 aromatic carbocycles. The molecule has 0 spiro atoms. The lowest BCUT2D eigenvalue weighted by Crippen LogP contribution is -2.23. The van der Waals surface area contributed by atoms with Crippen LogP contribution < -0.4 is 10.9 Å². The van der Waals surface area contributed by atoms with Crippen molar-refractivity contribution in [1.29, 1.82) is 0 Å². The lowest BCUT2D eigenvalue weighted by molar-refractivity contribution is 0.102. The summed E-state index contributed by atoms with van der Waals surface area (Å²) in [7, 11) is -0.770. The van der Waals surface area contributed by atoms with Crippen molar-refractivity contribution in [1.82, 2.24) is 14.5 Å². The van der Waals surface area contributed by atoms with Crippen molar-refractivity contribution in [2.45, 2.75) is 11.8 Å². The Morgan fingerprint density at radius 1 is 1.11 bits per heavy atom. The summed E-state index contributed by atoms with van der Waals surface area (Å²) < 4.78 is 26.0. The van der Waals surface area contributed by atoms with E-state index in [1.54, 1.807) is 43.3 Å². The Bertz CT molecular complexity index is 1200. The lowest BCUT2D eigenvalue weighted by Gasteiger charge is -2.15. The number of hydrogen-bond donors (Lipinski definition) is 2. The van der Waals surface area contributed by atoms with E-state index < -0.39 is 21.5 Å². The molecular formula is C18H18N4O4S. The number of amides is 1. The molecule has 1 aromatic heterocycles. The second-order valence-electron chi connectivity index (χ2n) is 6.17. The van der Waals surface area contributed by atoms with E-state index in [0.29, 0.717) is 22.0 Å². The summed E-state index contributed by atoms with van der Waals surface area (Å²) in [6.07, 6.45) is 0. The van der Waals surface area contributed by atoms with Crippen LogP contribution in [0, 0.1) is 6.92 Å². The molecular weight excluding hydrogens is 368 g/mol. The van der Waals surface area contributed by atoms with Crippen molar-refractivity contribution in [3.8, 4) is 0 Å². The molecule has 0 fully saturated rings. The normalized spacial score (nSPS) is 11.7. The zero-order valence-corrected chi connectivity index (χ0v) is 15.8. The van der Waals surface area contributed by atoms with Crippen molar-refractivity contribution in [3.05, 3.63) is 64.1 Å². The molecule has 0 bridgehead atoms. The number of hydrogen-bond acceptors (Lipinski definition) is 5. The van der Waals surface area contributed by atoms with Gasteiger partial charge in [0, 0.05) is 25.2 Å². The molecule has 8 nitrogen and oxygen atoms in total. The number of sulfonamides is 1. The maximum atomic E-state index is 12.7. The smallest absolute Gasteiger partial charge is 0.276 e. The van der Waals surface area contributed by atoms with Crippen LogP contribution in [-0.4, -0.2) is 42.9 Å². The van der Waals surface area contributed by atoms with Crippen LogP contribution in [0.5, 0.6) is 0 Å². The Kier molecular flexibility index (Phi) is 4.81. The zero-order chi connectivity index (χ0) is 19.8. The quantitative estimate of drug-likeness (QED) is 0.709. The van der Waals surface area contributed by atoms with Gasteiger partial charge in [-0.2, -0.15) is 5.10 Å². The molecule has 140 valence electrons. The lowest BCUT2D eigenvalue weighted by atomic mass is 10.1. The van der Waals surface area contributed by atoms with Crippen LogP contribution in [0.15, 0.2) is 52.2 Å². The van der Waals surface area contributed by atoms with Gasteiger partial charge in [0.15, 0.2) is 5.69 Å². The van der Waals surface area contributed by atoms with Gasteiger partial charge in [0.25, 0.3) is 11.5 Å². The number of benzene rings is 2. The van der Waals surface area contributed by atoms with E-state index in [4.69, 9.17) is 0 Å². The van der Waals surface area contributed by atoms with Gasteiger partial charge in [-0.3, -0.25) is 9.59 Å². The van der Waals surface area contributed by atoms with Crippen molar-refractivity contribution < 1.29 is 13.2 Å². The Labute approximate surface area is 155 Å². The minimum atomic E-state index is -3.65. The van der Waals surface area contributed by atoms with E-state index in [1.165, 1.54) is 20.2 Å². The number of H-pyrrole nitrogens is 1. The van der Waals surface area contributed by atoms with Crippen LogP contribution in [0.25, 0.3) is 10.8 Å². The number of nitrogens with zero attached hydrogens (tertiary/aromatic N) is 2. The van der Waals surface area contributed by atoms with Gasteiger partial charge in [0.2, 0.25) is 10.0 Å². The van der Waals surface area contributed by atoms with Crippen LogP contribution in [0.2, 0.25) is 0 Å². The maximum absolute atomic E-state index is 12.7. The number of carbonyl (C=O) groups is 1. The Hall–Kier alpha value is -3.04. The maximum Gasteiger partial charge on any atom is 0.276 e. The van der Waals surface area contributed by atoms with Gasteiger partial charge in [-0.1, -0.05) is 24.3 Å². The van der Waals surface area contributed by atoms with Gasteiger partial charge in [-0.15, -0.1) is 0 Å². The fourth-order valence-corrected chi connectivity index (χ4v) is 3.77. The molecule has 0 atom stereocenters. The minimum absolute atomic E-state index is 0.0443. The highest BCUT2D eigenvalue weighted by molar-refractivity contribution is 7.89. The van der Waals surface area contributed by atoms with E-state index in [1.807, 2.05) is 0 Å². The number of aromatic amines is 1. The van der Waals surface area contributed by atoms with Gasteiger partial charge in [0.05, 0.1) is 10.3 Å². The first-order valence-corrected chi connectivity index (χ1v) is 9.48. The van der Waals surface area contributed by atoms with E-state index in [-0.39, 0.29) is 10.6 Å². The van der Waals surface area contributed by atoms with Crippen LogP contribution >= 0.6 is 0 Å². The average molecular weight is 386 g/mol.